The molecular weight excluding hydrogens is 508 g/mol. The van der Waals surface area contributed by atoms with Crippen LogP contribution >= 0.6 is 11.8 Å². The fraction of sp³-hybridized carbons (Fsp3) is 0.258. The van der Waals surface area contributed by atoms with E-state index in [0.29, 0.717) is 27.6 Å². The minimum atomic E-state index is -0.721. The van der Waals surface area contributed by atoms with Gasteiger partial charge in [-0.25, -0.2) is 0 Å². The number of furan rings is 1. The summed E-state index contributed by atoms with van der Waals surface area (Å²) >= 11 is 1.22. The third kappa shape index (κ3) is 5.94. The second kappa shape index (κ2) is 11.7. The number of anilines is 2. The maximum atomic E-state index is 13.7. The second-order valence-electron chi connectivity index (χ2n) is 9.80. The standard InChI is InChI=1S/C31H32N4O3S/c1-17-13-20(4)29(21(5)14-17)35-30(37)26-22(6)33-31(23(15-32)27(26)24-11-8-12-38-24)39-16-25(36)34-28-18(2)9-7-10-19(28)3/h7-14,27,33H,16H2,1-6H3,(H,34,36)(H,35,37)/t27-/m1/s1. The molecule has 0 aliphatic carbocycles. The van der Waals surface area contributed by atoms with Gasteiger partial charge in [-0.15, -0.1) is 0 Å². The number of aryl methyl sites for hydroxylation is 5. The first kappa shape index (κ1) is 27.8. The van der Waals surface area contributed by atoms with Gasteiger partial charge in [-0.05, 0) is 75.9 Å². The number of amides is 2. The van der Waals surface area contributed by atoms with E-state index in [-0.39, 0.29) is 17.6 Å². The van der Waals surface area contributed by atoms with Crippen LogP contribution in [0.1, 0.15) is 46.4 Å². The van der Waals surface area contributed by atoms with Crippen LogP contribution in [0.25, 0.3) is 0 Å². The van der Waals surface area contributed by atoms with Crippen LogP contribution in [0.15, 0.2) is 75.0 Å². The Hall–Kier alpha value is -4.22. The molecule has 0 unspecified atom stereocenters. The SMILES string of the molecule is CC1=C(C(=O)Nc2c(C)cc(C)cc2C)[C@@H](c2ccco2)C(C#N)=C(SCC(=O)Nc2c(C)cccc2C)N1. The van der Waals surface area contributed by atoms with Gasteiger partial charge in [-0.1, -0.05) is 47.7 Å². The van der Waals surface area contributed by atoms with Crippen molar-refractivity contribution in [3.8, 4) is 6.07 Å². The van der Waals surface area contributed by atoms with Crippen molar-refractivity contribution in [2.75, 3.05) is 16.4 Å². The second-order valence-corrected chi connectivity index (χ2v) is 10.8. The predicted octanol–water partition coefficient (Wildman–Crippen LogP) is 6.53. The van der Waals surface area contributed by atoms with Gasteiger partial charge in [0.25, 0.3) is 5.91 Å². The van der Waals surface area contributed by atoms with Crippen LogP contribution in [-0.2, 0) is 9.59 Å². The summed E-state index contributed by atoms with van der Waals surface area (Å²) in [4.78, 5) is 26.6. The normalized spacial score (nSPS) is 15.1. The van der Waals surface area contributed by atoms with E-state index in [0.717, 1.165) is 39.2 Å². The van der Waals surface area contributed by atoms with Crippen molar-refractivity contribution in [2.24, 2.45) is 0 Å². The lowest BCUT2D eigenvalue weighted by Gasteiger charge is -2.28. The number of nitrogens with zero attached hydrogens (tertiary/aromatic N) is 1. The zero-order chi connectivity index (χ0) is 28.3. The molecule has 39 heavy (non-hydrogen) atoms. The molecule has 2 aromatic carbocycles. The molecule has 0 fully saturated rings. The van der Waals surface area contributed by atoms with Gasteiger partial charge >= 0.3 is 0 Å². The zero-order valence-corrected chi connectivity index (χ0v) is 23.8. The van der Waals surface area contributed by atoms with Gasteiger partial charge in [0.1, 0.15) is 5.76 Å². The fourth-order valence-corrected chi connectivity index (χ4v) is 5.84. The summed E-state index contributed by atoms with van der Waals surface area (Å²) in [6.45, 7) is 11.6. The number of hydrogen-bond donors (Lipinski definition) is 3. The average molecular weight is 541 g/mol. The first-order valence-electron chi connectivity index (χ1n) is 12.6. The highest BCUT2D eigenvalue weighted by Crippen LogP contribution is 2.41. The molecule has 1 aliphatic rings. The molecule has 1 atom stereocenters. The quantitative estimate of drug-likeness (QED) is 0.315. The zero-order valence-electron chi connectivity index (χ0n) is 23.0. The molecule has 2 amide bonds. The lowest BCUT2D eigenvalue weighted by Crippen LogP contribution is -2.31. The summed E-state index contributed by atoms with van der Waals surface area (Å²) in [6, 6.07) is 15.6. The smallest absolute Gasteiger partial charge is 0.254 e. The maximum Gasteiger partial charge on any atom is 0.254 e. The van der Waals surface area contributed by atoms with Crippen molar-refractivity contribution in [1.82, 2.24) is 5.32 Å². The lowest BCUT2D eigenvalue weighted by atomic mass is 9.85. The van der Waals surface area contributed by atoms with Crippen LogP contribution in [0.2, 0.25) is 0 Å². The van der Waals surface area contributed by atoms with Crippen LogP contribution in [0.4, 0.5) is 11.4 Å². The Morgan fingerprint density at radius 3 is 2.18 bits per heavy atom. The van der Waals surface area contributed by atoms with Gasteiger partial charge in [0.2, 0.25) is 5.91 Å². The molecule has 1 aliphatic heterocycles. The Morgan fingerprint density at radius 2 is 1.59 bits per heavy atom. The first-order chi connectivity index (χ1) is 18.6. The summed E-state index contributed by atoms with van der Waals surface area (Å²) in [5, 5.41) is 20.0. The molecule has 0 spiro atoms. The van der Waals surface area contributed by atoms with Crippen molar-refractivity contribution in [3.63, 3.8) is 0 Å². The van der Waals surface area contributed by atoms with E-state index in [9.17, 15) is 14.9 Å². The number of rotatable bonds is 7. The Labute approximate surface area is 233 Å². The van der Waals surface area contributed by atoms with Crippen molar-refractivity contribution in [1.29, 1.82) is 5.26 Å². The molecule has 200 valence electrons. The summed E-state index contributed by atoms with van der Waals surface area (Å²) in [6.07, 6.45) is 1.52. The number of hydrogen-bond acceptors (Lipinski definition) is 6. The van der Waals surface area contributed by atoms with Gasteiger partial charge in [0, 0.05) is 17.1 Å². The summed E-state index contributed by atoms with van der Waals surface area (Å²) in [5.41, 5.74) is 7.83. The molecule has 0 radical (unpaired) electrons. The van der Waals surface area contributed by atoms with E-state index in [1.54, 1.807) is 19.1 Å². The van der Waals surface area contributed by atoms with E-state index in [1.165, 1.54) is 18.0 Å². The highest BCUT2D eigenvalue weighted by atomic mass is 32.2. The molecule has 0 saturated heterocycles. The van der Waals surface area contributed by atoms with Crippen LogP contribution in [0.3, 0.4) is 0 Å². The highest BCUT2D eigenvalue weighted by Gasteiger charge is 2.36. The Bertz CT molecular complexity index is 1500. The number of carbonyl (C=O) groups is 2. The molecule has 3 aromatic rings. The molecule has 0 saturated carbocycles. The van der Waals surface area contributed by atoms with E-state index < -0.39 is 5.92 Å². The minimum Gasteiger partial charge on any atom is -0.468 e. The molecule has 0 bridgehead atoms. The molecule has 3 N–H and O–H groups in total. The van der Waals surface area contributed by atoms with Gasteiger partial charge in [-0.3, -0.25) is 9.59 Å². The summed E-state index contributed by atoms with van der Waals surface area (Å²) in [7, 11) is 0. The molecular formula is C31H32N4O3S. The van der Waals surface area contributed by atoms with Gasteiger partial charge in [0.05, 0.1) is 40.2 Å². The maximum absolute atomic E-state index is 13.7. The average Bonchev–Trinajstić information content (AvgIpc) is 3.41. The number of dihydropyridines is 1. The van der Waals surface area contributed by atoms with Crippen molar-refractivity contribution >= 4 is 35.0 Å². The Kier molecular flexibility index (Phi) is 8.32. The Morgan fingerprint density at radius 1 is 0.949 bits per heavy atom. The fourth-order valence-electron chi connectivity index (χ4n) is 4.95. The molecule has 4 rings (SSSR count). The third-order valence-electron chi connectivity index (χ3n) is 6.73. The minimum absolute atomic E-state index is 0.0860. The number of nitrogens with one attached hydrogen (secondary N) is 3. The van der Waals surface area contributed by atoms with Gasteiger partial charge in [0.15, 0.2) is 0 Å². The molecule has 2 heterocycles. The number of thioether (sulfide) groups is 1. The molecule has 8 heteroatoms. The Balaban J connectivity index is 1.62. The topological polar surface area (TPSA) is 107 Å². The third-order valence-corrected chi connectivity index (χ3v) is 7.75. The van der Waals surface area contributed by atoms with E-state index in [2.05, 4.69) is 22.0 Å². The molecule has 1 aromatic heterocycles. The summed E-state index contributed by atoms with van der Waals surface area (Å²) in [5.74, 6) is -0.660. The van der Waals surface area contributed by atoms with Crippen LogP contribution in [-0.4, -0.2) is 17.6 Å². The predicted molar refractivity (Wildman–Crippen MR) is 156 cm³/mol. The van der Waals surface area contributed by atoms with E-state index in [4.69, 9.17) is 4.42 Å². The number of nitriles is 1. The highest BCUT2D eigenvalue weighted by molar-refractivity contribution is 8.03. The van der Waals surface area contributed by atoms with E-state index in [1.807, 2.05) is 65.0 Å². The number of carbonyl (C=O) groups excluding carboxylic acids is 2. The first-order valence-corrected chi connectivity index (χ1v) is 13.6. The van der Waals surface area contributed by atoms with Crippen molar-refractivity contribution < 1.29 is 14.0 Å². The van der Waals surface area contributed by atoms with Crippen LogP contribution in [0, 0.1) is 45.9 Å². The van der Waals surface area contributed by atoms with Crippen LogP contribution in [0.5, 0.6) is 0 Å². The molecule has 7 nitrogen and oxygen atoms in total. The lowest BCUT2D eigenvalue weighted by molar-refractivity contribution is -0.114. The summed E-state index contributed by atoms with van der Waals surface area (Å²) < 4.78 is 5.71. The van der Waals surface area contributed by atoms with Crippen LogP contribution < -0.4 is 16.0 Å². The van der Waals surface area contributed by atoms with Crippen molar-refractivity contribution in [3.05, 3.63) is 104 Å². The monoisotopic (exact) mass is 540 g/mol. The van der Waals surface area contributed by atoms with Gasteiger partial charge < -0.3 is 20.4 Å². The van der Waals surface area contributed by atoms with Gasteiger partial charge in [-0.2, -0.15) is 5.26 Å². The van der Waals surface area contributed by atoms with E-state index >= 15 is 0 Å². The number of benzene rings is 2. The van der Waals surface area contributed by atoms with Crippen molar-refractivity contribution in [2.45, 2.75) is 47.5 Å². The largest absolute Gasteiger partial charge is 0.468 e. The number of allylic oxidation sites excluding steroid dienone is 2. The number of para-hydroxylation sites is 1.